The van der Waals surface area contributed by atoms with Crippen LogP contribution in [0.2, 0.25) is 0 Å². The zero-order valence-corrected chi connectivity index (χ0v) is 21.4. The van der Waals surface area contributed by atoms with E-state index in [0.29, 0.717) is 0 Å². The van der Waals surface area contributed by atoms with Gasteiger partial charge in [-0.15, -0.1) is 24.8 Å². The Hall–Kier alpha value is -0.747. The van der Waals surface area contributed by atoms with Crippen molar-refractivity contribution in [2.75, 3.05) is 0 Å². The Labute approximate surface area is 198 Å². The summed E-state index contributed by atoms with van der Waals surface area (Å²) in [6, 6.07) is 14.0. The quantitative estimate of drug-likeness (QED) is 0.351. The zero-order valence-electron chi connectivity index (χ0n) is 17.3. The van der Waals surface area contributed by atoms with Crippen molar-refractivity contribution in [1.82, 2.24) is 0 Å². The molecule has 2 aromatic rings. The molecule has 1 fully saturated rings. The van der Waals surface area contributed by atoms with Crippen LogP contribution in [0.3, 0.4) is 0 Å². The molecule has 0 aliphatic heterocycles. The van der Waals surface area contributed by atoms with Crippen molar-refractivity contribution in [3.05, 3.63) is 70.3 Å². The first-order valence-corrected chi connectivity index (χ1v) is 12.9. The summed E-state index contributed by atoms with van der Waals surface area (Å²) < 4.78 is 3.76. The van der Waals surface area contributed by atoms with Gasteiger partial charge in [-0.1, -0.05) is 0 Å². The van der Waals surface area contributed by atoms with Crippen molar-refractivity contribution in [2.45, 2.75) is 58.8 Å². The molecule has 0 radical (unpaired) electrons. The Kier molecular flexibility index (Phi) is 7.58. The van der Waals surface area contributed by atoms with E-state index in [4.69, 9.17) is 0 Å². The molecule has 0 nitrogen and oxygen atoms in total. The SMILES string of the molecule is CC1=CCC(c2ccc3c([c]2[Zr]=[C]2CCCCC2)Cc2ccccc2-3)=C1C.Cl.Cl. The summed E-state index contributed by atoms with van der Waals surface area (Å²) in [5, 5.41) is 0. The van der Waals surface area contributed by atoms with Crippen LogP contribution in [-0.2, 0) is 29.2 Å². The molecule has 0 unspecified atom stereocenters. The van der Waals surface area contributed by atoms with E-state index in [2.05, 4.69) is 56.3 Å². The van der Waals surface area contributed by atoms with Crippen LogP contribution >= 0.6 is 24.8 Å². The van der Waals surface area contributed by atoms with Crippen LogP contribution in [0.5, 0.6) is 0 Å². The summed E-state index contributed by atoms with van der Waals surface area (Å²) >= 11 is -0.680. The van der Waals surface area contributed by atoms with Gasteiger partial charge in [0.05, 0.1) is 0 Å². The van der Waals surface area contributed by atoms with Gasteiger partial charge in [-0.05, 0) is 0 Å². The van der Waals surface area contributed by atoms with Crippen molar-refractivity contribution < 1.29 is 22.8 Å². The number of allylic oxidation sites excluding steroid dienone is 4. The molecule has 0 atom stereocenters. The Bertz CT molecular complexity index is 1020. The van der Waals surface area contributed by atoms with Crippen LogP contribution in [-0.4, -0.2) is 3.21 Å². The van der Waals surface area contributed by atoms with E-state index in [-0.39, 0.29) is 24.8 Å². The Morgan fingerprint density at radius 3 is 2.24 bits per heavy atom. The summed E-state index contributed by atoms with van der Waals surface area (Å²) in [5.74, 6) is 0. The van der Waals surface area contributed by atoms with E-state index in [1.54, 1.807) is 16.7 Å². The van der Waals surface area contributed by atoms with Crippen LogP contribution < -0.4 is 3.27 Å². The summed E-state index contributed by atoms with van der Waals surface area (Å²) in [6.07, 6.45) is 11.9. The van der Waals surface area contributed by atoms with Crippen molar-refractivity contribution in [1.29, 1.82) is 0 Å². The number of rotatable bonds is 2. The van der Waals surface area contributed by atoms with E-state index in [1.807, 2.05) is 6.48 Å². The molecule has 5 rings (SSSR count). The van der Waals surface area contributed by atoms with Crippen LogP contribution in [0.4, 0.5) is 0 Å². The summed E-state index contributed by atoms with van der Waals surface area (Å²) in [5.41, 5.74) is 12.5. The molecule has 0 spiro atoms. The number of hydrogen-bond donors (Lipinski definition) is 0. The predicted molar refractivity (Wildman–Crippen MR) is 128 cm³/mol. The third-order valence-corrected chi connectivity index (χ3v) is 10.8. The normalized spacial score (nSPS) is 17.0. The Balaban J connectivity index is 0.00000120. The fraction of sp³-hybridized carbons (Fsp3) is 0.346. The van der Waals surface area contributed by atoms with Crippen LogP contribution in [0.1, 0.15) is 69.1 Å². The van der Waals surface area contributed by atoms with E-state index in [1.165, 1.54) is 59.9 Å². The molecule has 0 saturated heterocycles. The minimum absolute atomic E-state index is 0. The average Bonchev–Trinajstić information content (AvgIpc) is 3.24. The van der Waals surface area contributed by atoms with E-state index in [0.717, 1.165) is 12.8 Å². The van der Waals surface area contributed by atoms with Gasteiger partial charge < -0.3 is 0 Å². The third-order valence-electron chi connectivity index (χ3n) is 6.73. The molecular weight excluding hydrogens is 474 g/mol. The van der Waals surface area contributed by atoms with Gasteiger partial charge in [0.1, 0.15) is 0 Å². The summed E-state index contributed by atoms with van der Waals surface area (Å²) in [6.45, 7) is 4.61. The maximum absolute atomic E-state index is 2.48. The second kappa shape index (κ2) is 9.59. The second-order valence-electron chi connectivity index (χ2n) is 8.33. The fourth-order valence-electron chi connectivity index (χ4n) is 5.00. The molecule has 0 aromatic heterocycles. The fourth-order valence-corrected chi connectivity index (χ4v) is 9.18. The van der Waals surface area contributed by atoms with Gasteiger partial charge >= 0.3 is 175 Å². The summed E-state index contributed by atoms with van der Waals surface area (Å²) in [4.78, 5) is 0. The largest absolute Gasteiger partial charge is 0.147 e. The van der Waals surface area contributed by atoms with Gasteiger partial charge in [0.2, 0.25) is 0 Å². The topological polar surface area (TPSA) is 0 Å². The minimum atomic E-state index is -0.680. The van der Waals surface area contributed by atoms with E-state index >= 15 is 0 Å². The first kappa shape index (κ1) is 22.9. The van der Waals surface area contributed by atoms with Gasteiger partial charge in [0, 0.05) is 0 Å². The first-order chi connectivity index (χ1) is 13.2. The maximum Gasteiger partial charge on any atom is -0.147 e. The first-order valence-electron chi connectivity index (χ1n) is 10.5. The van der Waals surface area contributed by atoms with E-state index in [9.17, 15) is 0 Å². The molecule has 0 heterocycles. The average molecular weight is 504 g/mol. The molecule has 3 aliphatic rings. The van der Waals surface area contributed by atoms with Gasteiger partial charge in [-0.3, -0.25) is 0 Å². The van der Waals surface area contributed by atoms with Crippen LogP contribution in [0.25, 0.3) is 16.7 Å². The molecule has 0 bridgehead atoms. The number of halogens is 2. The molecule has 151 valence electrons. The van der Waals surface area contributed by atoms with Crippen LogP contribution in [0, 0.1) is 0 Å². The molecule has 3 aliphatic carbocycles. The van der Waals surface area contributed by atoms with E-state index < -0.39 is 22.8 Å². The molecular formula is C26H29Cl2Zr. The second-order valence-corrected chi connectivity index (χ2v) is 11.9. The van der Waals surface area contributed by atoms with Crippen LogP contribution in [0.15, 0.2) is 53.6 Å². The molecule has 2 aromatic carbocycles. The minimum Gasteiger partial charge on any atom is -0.147 e. The Morgan fingerprint density at radius 1 is 0.793 bits per heavy atom. The van der Waals surface area contributed by atoms with Gasteiger partial charge in [0.15, 0.2) is 0 Å². The maximum atomic E-state index is 2.48. The third kappa shape index (κ3) is 4.21. The number of fused-ring (bicyclic) bond motifs is 3. The van der Waals surface area contributed by atoms with Crippen molar-refractivity contribution >= 4 is 36.9 Å². The molecule has 3 heteroatoms. The van der Waals surface area contributed by atoms with Crippen molar-refractivity contribution in [2.24, 2.45) is 0 Å². The monoisotopic (exact) mass is 501 g/mol. The molecule has 1 saturated carbocycles. The standard InChI is InChI=1S/C20H17.C6H10.2ClH.Zr/c1-13-7-9-18(14(13)2)16-8-10-20-17(12-16)11-15-5-3-4-6-19(15)20;1-2-4-6-5-3-1;;;/h3-8,10H,9,11H2,1-2H3;1-5H2;2*1H;. The number of hydrogen-bond acceptors (Lipinski definition) is 0. The van der Waals surface area contributed by atoms with Gasteiger partial charge in [-0.2, -0.15) is 0 Å². The Morgan fingerprint density at radius 2 is 1.52 bits per heavy atom. The molecule has 29 heavy (non-hydrogen) atoms. The number of benzene rings is 2. The zero-order chi connectivity index (χ0) is 18.4. The smallest absolute Gasteiger partial charge is 0.147 e. The molecule has 0 N–H and O–H groups in total. The predicted octanol–water partition coefficient (Wildman–Crippen LogP) is 7.07. The van der Waals surface area contributed by atoms with Gasteiger partial charge in [0.25, 0.3) is 0 Å². The van der Waals surface area contributed by atoms with Gasteiger partial charge in [-0.25, -0.2) is 0 Å². The van der Waals surface area contributed by atoms with Crippen molar-refractivity contribution in [3.8, 4) is 11.1 Å². The summed E-state index contributed by atoms with van der Waals surface area (Å²) in [7, 11) is 0. The molecule has 0 amide bonds. The van der Waals surface area contributed by atoms with Crippen molar-refractivity contribution in [3.63, 3.8) is 0 Å².